The number of aryl methyl sites for hydroxylation is 1. The Morgan fingerprint density at radius 3 is 2.67 bits per heavy atom. The average molecular weight is 283 g/mol. The summed E-state index contributed by atoms with van der Waals surface area (Å²) in [5.41, 5.74) is 1.85. The van der Waals surface area contributed by atoms with Crippen LogP contribution in [0.5, 0.6) is 11.6 Å². The Morgan fingerprint density at radius 1 is 1.22 bits per heavy atom. The van der Waals surface area contributed by atoms with Gasteiger partial charge in [0.25, 0.3) is 0 Å². The number of hydrogen-bond acceptors (Lipinski definition) is 3. The summed E-state index contributed by atoms with van der Waals surface area (Å²) in [6.45, 7) is 3.93. The van der Waals surface area contributed by atoms with Crippen molar-refractivity contribution < 1.29 is 4.74 Å². The second kappa shape index (κ2) is 5.55. The first-order valence-electron chi connectivity index (χ1n) is 5.55. The number of nitrogens with zero attached hydrogens (tertiary/aromatic N) is 2. The molecule has 0 unspecified atom stereocenters. The first-order valence-corrected chi connectivity index (χ1v) is 6.30. The molecule has 1 heterocycles. The summed E-state index contributed by atoms with van der Waals surface area (Å²) < 4.78 is 5.70. The second-order valence-electron chi connectivity index (χ2n) is 3.84. The third kappa shape index (κ3) is 2.74. The van der Waals surface area contributed by atoms with Crippen molar-refractivity contribution in [2.45, 2.75) is 20.3 Å². The quantitative estimate of drug-likeness (QED) is 0.781. The lowest BCUT2D eigenvalue weighted by molar-refractivity contribution is 0.455. The molecule has 2 rings (SSSR count). The van der Waals surface area contributed by atoms with Crippen molar-refractivity contribution in [3.8, 4) is 11.6 Å². The minimum Gasteiger partial charge on any atom is -0.437 e. The van der Waals surface area contributed by atoms with Crippen LogP contribution in [0.15, 0.2) is 24.5 Å². The standard InChI is InChI=1S/C13H12Cl2N2O/c1-3-9-12(15)16-7-17-13(9)18-11-5-4-8(2)6-10(11)14/h4-7H,3H2,1-2H3. The zero-order valence-electron chi connectivity index (χ0n) is 10.1. The molecule has 0 aliphatic heterocycles. The topological polar surface area (TPSA) is 35.0 Å². The minimum absolute atomic E-state index is 0.408. The molecule has 0 bridgehead atoms. The minimum atomic E-state index is 0.408. The van der Waals surface area contributed by atoms with E-state index in [0.717, 1.165) is 11.1 Å². The average Bonchev–Trinajstić information content (AvgIpc) is 2.33. The molecule has 0 radical (unpaired) electrons. The van der Waals surface area contributed by atoms with Gasteiger partial charge >= 0.3 is 0 Å². The van der Waals surface area contributed by atoms with Gasteiger partial charge in [0.05, 0.1) is 10.6 Å². The molecule has 94 valence electrons. The van der Waals surface area contributed by atoms with Crippen LogP contribution in [0.3, 0.4) is 0 Å². The van der Waals surface area contributed by atoms with Gasteiger partial charge in [-0.25, -0.2) is 9.97 Å². The molecular weight excluding hydrogens is 271 g/mol. The smallest absolute Gasteiger partial charge is 0.227 e. The van der Waals surface area contributed by atoms with E-state index in [9.17, 15) is 0 Å². The number of aromatic nitrogens is 2. The molecular formula is C13H12Cl2N2O. The molecule has 0 amide bonds. The molecule has 2 aromatic rings. The van der Waals surface area contributed by atoms with E-state index < -0.39 is 0 Å². The van der Waals surface area contributed by atoms with Crippen molar-refractivity contribution in [2.24, 2.45) is 0 Å². The second-order valence-corrected chi connectivity index (χ2v) is 4.60. The van der Waals surface area contributed by atoms with E-state index in [2.05, 4.69) is 9.97 Å². The van der Waals surface area contributed by atoms with E-state index in [1.165, 1.54) is 6.33 Å². The number of rotatable bonds is 3. The molecule has 0 spiro atoms. The number of hydrogen-bond donors (Lipinski definition) is 0. The van der Waals surface area contributed by atoms with E-state index in [0.29, 0.717) is 28.2 Å². The highest BCUT2D eigenvalue weighted by atomic mass is 35.5. The first kappa shape index (κ1) is 13.1. The summed E-state index contributed by atoms with van der Waals surface area (Å²) in [5, 5.41) is 0.956. The van der Waals surface area contributed by atoms with Crippen molar-refractivity contribution in [1.29, 1.82) is 0 Å². The Bertz CT molecular complexity index is 573. The monoisotopic (exact) mass is 282 g/mol. The van der Waals surface area contributed by atoms with Crippen LogP contribution >= 0.6 is 23.2 Å². The van der Waals surface area contributed by atoms with Crippen molar-refractivity contribution in [1.82, 2.24) is 9.97 Å². The van der Waals surface area contributed by atoms with E-state index in [1.54, 1.807) is 0 Å². The van der Waals surface area contributed by atoms with Crippen molar-refractivity contribution >= 4 is 23.2 Å². The van der Waals surface area contributed by atoms with Gasteiger partial charge in [0, 0.05) is 0 Å². The lowest BCUT2D eigenvalue weighted by atomic mass is 10.2. The van der Waals surface area contributed by atoms with Crippen LogP contribution in [0.2, 0.25) is 10.2 Å². The maximum Gasteiger partial charge on any atom is 0.227 e. The summed E-state index contributed by atoms with van der Waals surface area (Å²) >= 11 is 12.1. The highest BCUT2D eigenvalue weighted by Gasteiger charge is 2.11. The van der Waals surface area contributed by atoms with Gasteiger partial charge in [0.1, 0.15) is 17.2 Å². The van der Waals surface area contributed by atoms with Crippen LogP contribution in [0.25, 0.3) is 0 Å². The predicted octanol–water partition coefficient (Wildman–Crippen LogP) is 4.45. The SMILES string of the molecule is CCc1c(Cl)ncnc1Oc1ccc(C)cc1Cl. The summed E-state index contributed by atoms with van der Waals surface area (Å²) in [6, 6.07) is 5.58. The van der Waals surface area contributed by atoms with Crippen LogP contribution in [0.4, 0.5) is 0 Å². The maximum atomic E-state index is 6.11. The van der Waals surface area contributed by atoms with E-state index in [4.69, 9.17) is 27.9 Å². The van der Waals surface area contributed by atoms with Crippen molar-refractivity contribution in [3.63, 3.8) is 0 Å². The zero-order chi connectivity index (χ0) is 13.1. The normalized spacial score (nSPS) is 10.4. The van der Waals surface area contributed by atoms with Crippen LogP contribution in [-0.4, -0.2) is 9.97 Å². The molecule has 0 aliphatic carbocycles. The molecule has 5 heteroatoms. The fraction of sp³-hybridized carbons (Fsp3) is 0.231. The predicted molar refractivity (Wildman–Crippen MR) is 72.7 cm³/mol. The fourth-order valence-electron chi connectivity index (χ4n) is 1.55. The van der Waals surface area contributed by atoms with Crippen molar-refractivity contribution in [3.05, 3.63) is 45.8 Å². The van der Waals surface area contributed by atoms with Gasteiger partial charge in [0.2, 0.25) is 5.88 Å². The number of ether oxygens (including phenoxy) is 1. The van der Waals surface area contributed by atoms with E-state index >= 15 is 0 Å². The van der Waals surface area contributed by atoms with Crippen LogP contribution in [0, 0.1) is 6.92 Å². The van der Waals surface area contributed by atoms with E-state index in [1.807, 2.05) is 32.0 Å². The molecule has 0 fully saturated rings. The van der Waals surface area contributed by atoms with Gasteiger partial charge in [-0.3, -0.25) is 0 Å². The highest BCUT2D eigenvalue weighted by molar-refractivity contribution is 6.32. The molecule has 3 nitrogen and oxygen atoms in total. The highest BCUT2D eigenvalue weighted by Crippen LogP contribution is 2.32. The molecule has 0 saturated carbocycles. The van der Waals surface area contributed by atoms with Crippen LogP contribution < -0.4 is 4.74 Å². The summed E-state index contributed by atoms with van der Waals surface area (Å²) in [5.74, 6) is 1.01. The Hall–Kier alpha value is -1.32. The largest absolute Gasteiger partial charge is 0.437 e. The Labute approximate surface area is 116 Å². The number of halogens is 2. The van der Waals surface area contributed by atoms with Gasteiger partial charge in [-0.1, -0.05) is 36.2 Å². The molecule has 18 heavy (non-hydrogen) atoms. The number of benzene rings is 1. The van der Waals surface area contributed by atoms with Gasteiger partial charge in [-0.05, 0) is 31.0 Å². The molecule has 1 aromatic heterocycles. The third-order valence-electron chi connectivity index (χ3n) is 2.50. The lowest BCUT2D eigenvalue weighted by Crippen LogP contribution is -1.97. The van der Waals surface area contributed by atoms with E-state index in [-0.39, 0.29) is 0 Å². The first-order chi connectivity index (χ1) is 8.61. The van der Waals surface area contributed by atoms with Gasteiger partial charge in [-0.15, -0.1) is 0 Å². The third-order valence-corrected chi connectivity index (χ3v) is 3.12. The maximum absolute atomic E-state index is 6.11. The molecule has 0 atom stereocenters. The Kier molecular flexibility index (Phi) is 4.04. The summed E-state index contributed by atoms with van der Waals surface area (Å²) in [6.07, 6.45) is 2.07. The lowest BCUT2D eigenvalue weighted by Gasteiger charge is -2.10. The van der Waals surface area contributed by atoms with Crippen LogP contribution in [-0.2, 0) is 6.42 Å². The van der Waals surface area contributed by atoms with Gasteiger partial charge < -0.3 is 4.74 Å². The fourth-order valence-corrected chi connectivity index (χ4v) is 2.09. The summed E-state index contributed by atoms with van der Waals surface area (Å²) in [7, 11) is 0. The Balaban J connectivity index is 2.37. The van der Waals surface area contributed by atoms with Gasteiger partial charge in [-0.2, -0.15) is 0 Å². The Morgan fingerprint density at radius 2 is 2.00 bits per heavy atom. The molecule has 0 saturated heterocycles. The zero-order valence-corrected chi connectivity index (χ0v) is 11.6. The molecule has 1 aromatic carbocycles. The summed E-state index contributed by atoms with van der Waals surface area (Å²) in [4.78, 5) is 8.02. The molecule has 0 N–H and O–H groups in total. The van der Waals surface area contributed by atoms with Gasteiger partial charge in [0.15, 0.2) is 0 Å². The molecule has 0 aliphatic rings. The van der Waals surface area contributed by atoms with Crippen LogP contribution in [0.1, 0.15) is 18.1 Å². The van der Waals surface area contributed by atoms with Crippen molar-refractivity contribution in [2.75, 3.05) is 0 Å².